The molecule has 1 amide bonds. The molecular weight excluding hydrogens is 336 g/mol. The highest BCUT2D eigenvalue weighted by Crippen LogP contribution is 2.21. The van der Waals surface area contributed by atoms with Gasteiger partial charge in [0.15, 0.2) is 0 Å². The highest BCUT2D eigenvalue weighted by Gasteiger charge is 2.26. The van der Waals surface area contributed by atoms with Crippen molar-refractivity contribution in [2.24, 2.45) is 5.73 Å². The first-order valence-corrected chi connectivity index (χ1v) is 8.99. The summed E-state index contributed by atoms with van der Waals surface area (Å²) in [5, 5.41) is 0.710. The molecule has 2 aromatic rings. The molecule has 0 radical (unpaired) electrons. The summed E-state index contributed by atoms with van der Waals surface area (Å²) >= 11 is 5.98. The van der Waals surface area contributed by atoms with Gasteiger partial charge in [-0.05, 0) is 54.8 Å². The summed E-state index contributed by atoms with van der Waals surface area (Å²) in [6, 6.07) is 15.5. The van der Waals surface area contributed by atoms with E-state index >= 15 is 0 Å². The van der Waals surface area contributed by atoms with Gasteiger partial charge in [0.25, 0.3) is 0 Å². The Hall–Kier alpha value is -2.04. The first kappa shape index (κ1) is 17.8. The van der Waals surface area contributed by atoms with Crippen LogP contribution < -0.4 is 10.5 Å². The summed E-state index contributed by atoms with van der Waals surface area (Å²) in [6.07, 6.45) is 3.04. The molecule has 5 heteroatoms. The van der Waals surface area contributed by atoms with Crippen LogP contribution in [0.3, 0.4) is 0 Å². The molecule has 0 bridgehead atoms. The van der Waals surface area contributed by atoms with Crippen molar-refractivity contribution in [3.63, 3.8) is 0 Å². The zero-order chi connectivity index (χ0) is 17.6. The minimum atomic E-state index is -0.221. The van der Waals surface area contributed by atoms with Crippen molar-refractivity contribution in [2.75, 3.05) is 6.54 Å². The molecule has 3 rings (SSSR count). The lowest BCUT2D eigenvalue weighted by Crippen LogP contribution is -2.47. The molecule has 1 atom stereocenters. The topological polar surface area (TPSA) is 55.6 Å². The molecule has 1 aliphatic heterocycles. The van der Waals surface area contributed by atoms with Crippen molar-refractivity contribution < 1.29 is 9.53 Å². The fourth-order valence-electron chi connectivity index (χ4n) is 3.22. The van der Waals surface area contributed by atoms with E-state index < -0.39 is 0 Å². The third-order valence-corrected chi connectivity index (χ3v) is 4.78. The Morgan fingerprint density at radius 1 is 1.16 bits per heavy atom. The van der Waals surface area contributed by atoms with Crippen LogP contribution in [0.1, 0.15) is 30.4 Å². The number of nitrogens with two attached hydrogens (primary N) is 1. The van der Waals surface area contributed by atoms with Crippen molar-refractivity contribution >= 4 is 17.5 Å². The molecule has 0 aliphatic carbocycles. The largest absolute Gasteiger partial charge is 0.489 e. The third kappa shape index (κ3) is 4.97. The smallest absolute Gasteiger partial charge is 0.234 e. The van der Waals surface area contributed by atoms with E-state index in [2.05, 4.69) is 4.90 Å². The Bertz CT molecular complexity index is 718. The lowest BCUT2D eigenvalue weighted by molar-refractivity contribution is -0.124. The minimum Gasteiger partial charge on any atom is -0.489 e. The minimum absolute atomic E-state index is 0.146. The average Bonchev–Trinajstić information content (AvgIpc) is 2.61. The van der Waals surface area contributed by atoms with Gasteiger partial charge in [-0.3, -0.25) is 9.69 Å². The van der Waals surface area contributed by atoms with Gasteiger partial charge in [-0.2, -0.15) is 0 Å². The van der Waals surface area contributed by atoms with E-state index in [0.29, 0.717) is 11.6 Å². The third-order valence-electron chi connectivity index (χ3n) is 4.55. The molecule has 2 aromatic carbocycles. The highest BCUT2D eigenvalue weighted by atomic mass is 35.5. The second-order valence-electron chi connectivity index (χ2n) is 6.45. The van der Waals surface area contributed by atoms with E-state index in [1.54, 1.807) is 0 Å². The zero-order valence-corrected chi connectivity index (χ0v) is 14.9. The van der Waals surface area contributed by atoms with E-state index in [1.165, 1.54) is 0 Å². The van der Waals surface area contributed by atoms with Crippen molar-refractivity contribution in [3.05, 3.63) is 64.7 Å². The molecule has 0 aromatic heterocycles. The van der Waals surface area contributed by atoms with Crippen LogP contribution in [0.5, 0.6) is 5.75 Å². The average molecular weight is 359 g/mol. The normalized spacial score (nSPS) is 18.0. The summed E-state index contributed by atoms with van der Waals surface area (Å²) < 4.78 is 5.81. The van der Waals surface area contributed by atoms with Crippen LogP contribution in [0.4, 0.5) is 0 Å². The Balaban J connectivity index is 1.57. The number of benzene rings is 2. The van der Waals surface area contributed by atoms with Crippen molar-refractivity contribution in [2.45, 2.75) is 38.5 Å². The van der Waals surface area contributed by atoms with E-state index in [9.17, 15) is 4.79 Å². The fraction of sp³-hybridized carbons (Fsp3) is 0.350. The lowest BCUT2D eigenvalue weighted by Gasteiger charge is -2.33. The standard InChI is InChI=1S/C20H23ClN2O2/c21-17-5-3-4-16(12-17)14-25-18-9-7-15(8-10-18)13-23-11-2-1-6-19(23)20(22)24/h3-5,7-10,12,19H,1-2,6,11,13-14H2,(H2,22,24)/t19-/m0/s1. The number of carbonyl (C=O) groups is 1. The van der Waals surface area contributed by atoms with Crippen LogP contribution in [0, 0.1) is 0 Å². The molecule has 2 N–H and O–H groups in total. The van der Waals surface area contributed by atoms with Gasteiger partial charge in [0.05, 0.1) is 6.04 Å². The highest BCUT2D eigenvalue weighted by molar-refractivity contribution is 6.30. The second-order valence-corrected chi connectivity index (χ2v) is 6.88. The number of piperidine rings is 1. The van der Waals surface area contributed by atoms with E-state index in [1.807, 2.05) is 48.5 Å². The van der Waals surface area contributed by atoms with Gasteiger partial charge in [0.1, 0.15) is 12.4 Å². The van der Waals surface area contributed by atoms with Crippen LogP contribution in [0.2, 0.25) is 5.02 Å². The number of rotatable bonds is 6. The first-order chi connectivity index (χ1) is 12.1. The molecule has 1 saturated heterocycles. The zero-order valence-electron chi connectivity index (χ0n) is 14.2. The van der Waals surface area contributed by atoms with Crippen LogP contribution in [-0.2, 0) is 17.9 Å². The summed E-state index contributed by atoms with van der Waals surface area (Å²) in [7, 11) is 0. The van der Waals surface area contributed by atoms with Crippen molar-refractivity contribution in [1.82, 2.24) is 4.90 Å². The van der Waals surface area contributed by atoms with Gasteiger partial charge < -0.3 is 10.5 Å². The second kappa shape index (κ2) is 8.37. The molecule has 1 heterocycles. The molecule has 0 spiro atoms. The number of hydrogen-bond acceptors (Lipinski definition) is 3. The van der Waals surface area contributed by atoms with Crippen LogP contribution >= 0.6 is 11.6 Å². The monoisotopic (exact) mass is 358 g/mol. The number of nitrogens with zero attached hydrogens (tertiary/aromatic N) is 1. The van der Waals surface area contributed by atoms with Gasteiger partial charge >= 0.3 is 0 Å². The van der Waals surface area contributed by atoms with Gasteiger partial charge in [-0.1, -0.05) is 42.3 Å². The SMILES string of the molecule is NC(=O)[C@@H]1CCCCN1Cc1ccc(OCc2cccc(Cl)c2)cc1. The number of likely N-dealkylation sites (tertiary alicyclic amines) is 1. The van der Waals surface area contributed by atoms with E-state index in [4.69, 9.17) is 22.1 Å². The molecule has 1 fully saturated rings. The fourth-order valence-corrected chi connectivity index (χ4v) is 3.43. The number of amides is 1. The summed E-state index contributed by atoms with van der Waals surface area (Å²) in [6.45, 7) is 2.14. The molecule has 4 nitrogen and oxygen atoms in total. The summed E-state index contributed by atoms with van der Waals surface area (Å²) in [4.78, 5) is 13.8. The molecule has 0 saturated carbocycles. The predicted molar refractivity (Wildman–Crippen MR) is 99.5 cm³/mol. The van der Waals surface area contributed by atoms with E-state index in [0.717, 1.165) is 49.2 Å². The molecule has 0 unspecified atom stereocenters. The maximum absolute atomic E-state index is 11.6. The number of carbonyl (C=O) groups excluding carboxylic acids is 1. The summed E-state index contributed by atoms with van der Waals surface area (Å²) in [5.41, 5.74) is 7.72. The number of ether oxygens (including phenoxy) is 1. The Morgan fingerprint density at radius 3 is 2.68 bits per heavy atom. The first-order valence-electron chi connectivity index (χ1n) is 8.61. The quantitative estimate of drug-likeness (QED) is 0.855. The van der Waals surface area contributed by atoms with Crippen LogP contribution in [0.25, 0.3) is 0 Å². The summed E-state index contributed by atoms with van der Waals surface area (Å²) in [5.74, 6) is 0.593. The number of hydrogen-bond donors (Lipinski definition) is 1. The van der Waals surface area contributed by atoms with Gasteiger partial charge in [-0.25, -0.2) is 0 Å². The maximum Gasteiger partial charge on any atom is 0.234 e. The Kier molecular flexibility index (Phi) is 5.95. The molecular formula is C20H23ClN2O2. The Labute approximate surface area is 153 Å². The van der Waals surface area contributed by atoms with Crippen LogP contribution in [0.15, 0.2) is 48.5 Å². The molecule has 132 valence electrons. The van der Waals surface area contributed by atoms with Crippen molar-refractivity contribution in [3.8, 4) is 5.75 Å². The van der Waals surface area contributed by atoms with Crippen LogP contribution in [-0.4, -0.2) is 23.4 Å². The van der Waals surface area contributed by atoms with Gasteiger partial charge in [0, 0.05) is 11.6 Å². The molecule has 25 heavy (non-hydrogen) atoms. The molecule has 1 aliphatic rings. The Morgan fingerprint density at radius 2 is 1.96 bits per heavy atom. The van der Waals surface area contributed by atoms with Crippen molar-refractivity contribution in [1.29, 1.82) is 0 Å². The van der Waals surface area contributed by atoms with Gasteiger partial charge in [-0.15, -0.1) is 0 Å². The van der Waals surface area contributed by atoms with E-state index in [-0.39, 0.29) is 11.9 Å². The number of halogens is 1. The maximum atomic E-state index is 11.6. The predicted octanol–water partition coefficient (Wildman–Crippen LogP) is 3.76. The number of primary amides is 1. The lowest BCUT2D eigenvalue weighted by atomic mass is 10.0. The van der Waals surface area contributed by atoms with Gasteiger partial charge in [0.2, 0.25) is 5.91 Å².